The van der Waals surface area contributed by atoms with Crippen molar-refractivity contribution >= 4 is 15.9 Å². The van der Waals surface area contributed by atoms with E-state index in [4.69, 9.17) is 0 Å². The van der Waals surface area contributed by atoms with Gasteiger partial charge < -0.3 is 0 Å². The molecule has 0 nitrogen and oxygen atoms in total. The maximum absolute atomic E-state index is 3.80. The zero-order valence-electron chi connectivity index (χ0n) is 7.56. The molecule has 1 rings (SSSR count). The molecule has 1 aliphatic rings. The van der Waals surface area contributed by atoms with Crippen molar-refractivity contribution in [2.24, 2.45) is 5.92 Å². The summed E-state index contributed by atoms with van der Waals surface area (Å²) in [4.78, 5) is 0. The molecule has 0 aliphatic heterocycles. The van der Waals surface area contributed by atoms with E-state index in [1.807, 2.05) is 6.08 Å². The largest absolute Gasteiger partial charge is 0.103 e. The predicted molar refractivity (Wildman–Crippen MR) is 58.6 cm³/mol. The first-order valence-electron chi connectivity index (χ1n) is 4.74. The van der Waals surface area contributed by atoms with E-state index < -0.39 is 0 Å². The summed E-state index contributed by atoms with van der Waals surface area (Å²) in [5.74, 6) is 0.711. The van der Waals surface area contributed by atoms with Crippen molar-refractivity contribution in [1.29, 1.82) is 0 Å². The van der Waals surface area contributed by atoms with Gasteiger partial charge in [0.05, 0.1) is 0 Å². The summed E-state index contributed by atoms with van der Waals surface area (Å²) in [5, 5.41) is 1.09. The molecule has 0 amide bonds. The number of alkyl halides is 1. The van der Waals surface area contributed by atoms with Gasteiger partial charge in [-0.05, 0) is 38.0 Å². The highest BCUT2D eigenvalue weighted by Crippen LogP contribution is 2.27. The van der Waals surface area contributed by atoms with Crippen LogP contribution in [-0.2, 0) is 0 Å². The first-order valence-corrected chi connectivity index (χ1v) is 5.86. The number of allylic oxidation sites excluding steroid dienone is 3. The Morgan fingerprint density at radius 1 is 1.58 bits per heavy atom. The Kier molecular flexibility index (Phi) is 4.67. The van der Waals surface area contributed by atoms with Gasteiger partial charge in [0.2, 0.25) is 0 Å². The number of hydrogen-bond acceptors (Lipinski definition) is 0. The second-order valence-corrected chi connectivity index (χ2v) is 4.05. The van der Waals surface area contributed by atoms with E-state index in [1.54, 1.807) is 5.57 Å². The first kappa shape index (κ1) is 10.0. The maximum atomic E-state index is 3.80. The van der Waals surface area contributed by atoms with Crippen molar-refractivity contribution in [2.75, 3.05) is 5.33 Å². The van der Waals surface area contributed by atoms with Crippen LogP contribution < -0.4 is 0 Å². The monoisotopic (exact) mass is 228 g/mol. The molecule has 0 N–H and O–H groups in total. The standard InChI is InChI=1S/C11H17Br/c1-2-6-11(9-12)10-7-4-3-5-8-10/h2,7,11H,1,3-6,8-9H2. The molecule has 0 aromatic carbocycles. The molecule has 0 bridgehead atoms. The molecular formula is C11H17Br. The lowest BCUT2D eigenvalue weighted by Crippen LogP contribution is -2.07. The molecule has 1 atom stereocenters. The van der Waals surface area contributed by atoms with Crippen molar-refractivity contribution in [3.05, 3.63) is 24.3 Å². The average Bonchev–Trinajstić information content (AvgIpc) is 2.15. The van der Waals surface area contributed by atoms with Gasteiger partial charge in [-0.1, -0.05) is 33.7 Å². The summed E-state index contributed by atoms with van der Waals surface area (Å²) in [6.45, 7) is 3.80. The third kappa shape index (κ3) is 2.78. The van der Waals surface area contributed by atoms with E-state index in [1.165, 1.54) is 25.7 Å². The van der Waals surface area contributed by atoms with Gasteiger partial charge in [0.25, 0.3) is 0 Å². The molecule has 1 heteroatoms. The summed E-state index contributed by atoms with van der Waals surface area (Å²) < 4.78 is 0. The summed E-state index contributed by atoms with van der Waals surface area (Å²) in [5.41, 5.74) is 1.65. The van der Waals surface area contributed by atoms with Gasteiger partial charge in [0, 0.05) is 5.33 Å². The normalized spacial score (nSPS) is 19.9. The minimum absolute atomic E-state index is 0.711. The lowest BCUT2D eigenvalue weighted by Gasteiger charge is -2.19. The zero-order chi connectivity index (χ0) is 8.81. The summed E-state index contributed by atoms with van der Waals surface area (Å²) in [7, 11) is 0. The Morgan fingerprint density at radius 2 is 2.42 bits per heavy atom. The molecule has 0 radical (unpaired) electrons. The van der Waals surface area contributed by atoms with Gasteiger partial charge in [-0.3, -0.25) is 0 Å². The van der Waals surface area contributed by atoms with E-state index in [0.29, 0.717) is 5.92 Å². The minimum atomic E-state index is 0.711. The zero-order valence-corrected chi connectivity index (χ0v) is 9.15. The van der Waals surface area contributed by atoms with Crippen LogP contribution in [0, 0.1) is 5.92 Å². The number of halogens is 1. The van der Waals surface area contributed by atoms with Crippen LogP contribution in [0.15, 0.2) is 24.3 Å². The van der Waals surface area contributed by atoms with Crippen molar-refractivity contribution in [3.63, 3.8) is 0 Å². The van der Waals surface area contributed by atoms with Crippen molar-refractivity contribution in [1.82, 2.24) is 0 Å². The fraction of sp³-hybridized carbons (Fsp3) is 0.636. The molecule has 0 fully saturated rings. The van der Waals surface area contributed by atoms with Gasteiger partial charge in [-0.25, -0.2) is 0 Å². The van der Waals surface area contributed by atoms with Gasteiger partial charge in [-0.15, -0.1) is 6.58 Å². The highest BCUT2D eigenvalue weighted by molar-refractivity contribution is 9.09. The second kappa shape index (κ2) is 5.58. The topological polar surface area (TPSA) is 0 Å². The summed E-state index contributed by atoms with van der Waals surface area (Å²) >= 11 is 3.56. The average molecular weight is 229 g/mol. The Labute approximate surface area is 83.9 Å². The Bertz CT molecular complexity index is 170. The smallest absolute Gasteiger partial charge is 0.00999 e. The highest BCUT2D eigenvalue weighted by atomic mass is 79.9. The third-order valence-electron chi connectivity index (χ3n) is 2.49. The van der Waals surface area contributed by atoms with Crippen LogP contribution in [0.1, 0.15) is 32.1 Å². The molecule has 0 saturated heterocycles. The van der Waals surface area contributed by atoms with E-state index in [9.17, 15) is 0 Å². The van der Waals surface area contributed by atoms with E-state index in [0.717, 1.165) is 11.8 Å². The summed E-state index contributed by atoms with van der Waals surface area (Å²) in [6.07, 6.45) is 10.9. The Morgan fingerprint density at radius 3 is 2.92 bits per heavy atom. The molecule has 0 aromatic rings. The van der Waals surface area contributed by atoms with Crippen LogP contribution in [0.4, 0.5) is 0 Å². The van der Waals surface area contributed by atoms with Crippen LogP contribution in [-0.4, -0.2) is 5.33 Å². The van der Waals surface area contributed by atoms with Crippen LogP contribution >= 0.6 is 15.9 Å². The molecule has 68 valence electrons. The van der Waals surface area contributed by atoms with Crippen molar-refractivity contribution in [2.45, 2.75) is 32.1 Å². The van der Waals surface area contributed by atoms with Gasteiger partial charge in [0.15, 0.2) is 0 Å². The van der Waals surface area contributed by atoms with Crippen LogP contribution in [0.2, 0.25) is 0 Å². The molecule has 12 heavy (non-hydrogen) atoms. The molecule has 0 aromatic heterocycles. The van der Waals surface area contributed by atoms with Crippen molar-refractivity contribution < 1.29 is 0 Å². The van der Waals surface area contributed by atoms with Crippen LogP contribution in [0.25, 0.3) is 0 Å². The second-order valence-electron chi connectivity index (χ2n) is 3.40. The van der Waals surface area contributed by atoms with Crippen LogP contribution in [0.5, 0.6) is 0 Å². The Balaban J connectivity index is 2.50. The molecule has 1 unspecified atom stereocenters. The fourth-order valence-electron chi connectivity index (χ4n) is 1.75. The highest BCUT2D eigenvalue weighted by Gasteiger charge is 2.13. The molecule has 0 saturated carbocycles. The van der Waals surface area contributed by atoms with E-state index in [-0.39, 0.29) is 0 Å². The lowest BCUT2D eigenvalue weighted by atomic mass is 9.88. The Hall–Kier alpha value is -0.0400. The van der Waals surface area contributed by atoms with E-state index in [2.05, 4.69) is 28.6 Å². The van der Waals surface area contributed by atoms with Crippen LogP contribution in [0.3, 0.4) is 0 Å². The fourth-order valence-corrected chi connectivity index (χ4v) is 2.43. The third-order valence-corrected chi connectivity index (χ3v) is 3.27. The maximum Gasteiger partial charge on any atom is 0.00999 e. The van der Waals surface area contributed by atoms with Gasteiger partial charge in [-0.2, -0.15) is 0 Å². The quantitative estimate of drug-likeness (QED) is 0.503. The first-order chi connectivity index (χ1) is 5.88. The molecule has 1 aliphatic carbocycles. The predicted octanol–water partition coefficient (Wildman–Crippen LogP) is 4.07. The molecular weight excluding hydrogens is 212 g/mol. The van der Waals surface area contributed by atoms with Crippen molar-refractivity contribution in [3.8, 4) is 0 Å². The number of hydrogen-bond donors (Lipinski definition) is 0. The molecule has 0 spiro atoms. The van der Waals surface area contributed by atoms with Gasteiger partial charge in [0.1, 0.15) is 0 Å². The minimum Gasteiger partial charge on any atom is -0.103 e. The SMILES string of the molecule is C=CCC(CBr)C1=CCCCC1. The number of rotatable bonds is 4. The summed E-state index contributed by atoms with van der Waals surface area (Å²) in [6, 6.07) is 0. The van der Waals surface area contributed by atoms with E-state index >= 15 is 0 Å². The lowest BCUT2D eigenvalue weighted by molar-refractivity contribution is 0.600. The van der Waals surface area contributed by atoms with Gasteiger partial charge >= 0.3 is 0 Å². The molecule has 0 heterocycles.